The third-order valence-electron chi connectivity index (χ3n) is 2.44. The van der Waals surface area contributed by atoms with E-state index >= 15 is 0 Å². The summed E-state index contributed by atoms with van der Waals surface area (Å²) >= 11 is 0. The van der Waals surface area contributed by atoms with E-state index in [-0.39, 0.29) is 6.54 Å². The number of nitrogens with zero attached hydrogens (tertiary/aromatic N) is 1. The third kappa shape index (κ3) is 15.2. The van der Waals surface area contributed by atoms with Crippen LogP contribution in [-0.2, 0) is 9.47 Å². The van der Waals surface area contributed by atoms with Gasteiger partial charge < -0.3 is 20.1 Å². The van der Waals surface area contributed by atoms with Gasteiger partial charge in [-0.3, -0.25) is 4.99 Å². The van der Waals surface area contributed by atoms with Crippen molar-refractivity contribution < 1.29 is 22.6 Å². The van der Waals surface area contributed by atoms with E-state index in [0.717, 1.165) is 12.8 Å². The summed E-state index contributed by atoms with van der Waals surface area (Å²) in [5.74, 6) is 0.419. The van der Waals surface area contributed by atoms with Crippen molar-refractivity contribution in [2.24, 2.45) is 4.99 Å². The van der Waals surface area contributed by atoms with Crippen LogP contribution in [0.2, 0.25) is 0 Å². The maximum atomic E-state index is 12.0. The number of hydrogen-bond acceptors (Lipinski definition) is 3. The number of rotatable bonds is 11. The van der Waals surface area contributed by atoms with Crippen LogP contribution in [0.3, 0.4) is 0 Å². The van der Waals surface area contributed by atoms with E-state index in [1.165, 1.54) is 0 Å². The Balaban J connectivity index is 3.74. The highest BCUT2D eigenvalue weighted by Gasteiger charge is 2.26. The molecule has 21 heavy (non-hydrogen) atoms. The molecule has 0 spiro atoms. The number of aliphatic imine (C=N–C) groups is 1. The second kappa shape index (κ2) is 12.7. The minimum absolute atomic E-state index is 0.171. The summed E-state index contributed by atoms with van der Waals surface area (Å²) in [6, 6.07) is 0. The van der Waals surface area contributed by atoms with Crippen LogP contribution in [0.15, 0.2) is 4.99 Å². The van der Waals surface area contributed by atoms with Crippen molar-refractivity contribution in [2.45, 2.75) is 32.4 Å². The van der Waals surface area contributed by atoms with Crippen molar-refractivity contribution in [3.05, 3.63) is 0 Å². The molecule has 8 heteroatoms. The normalized spacial score (nSPS) is 12.5. The summed E-state index contributed by atoms with van der Waals surface area (Å²) in [7, 11) is 1.62. The number of methoxy groups -OCH3 is 1. The first-order valence-corrected chi connectivity index (χ1v) is 7.15. The Labute approximate surface area is 124 Å². The summed E-state index contributed by atoms with van der Waals surface area (Å²) in [5.41, 5.74) is 0. The van der Waals surface area contributed by atoms with Crippen molar-refractivity contribution in [3.63, 3.8) is 0 Å². The average molecular weight is 313 g/mol. The van der Waals surface area contributed by atoms with E-state index in [0.29, 0.717) is 38.9 Å². The van der Waals surface area contributed by atoms with Gasteiger partial charge in [-0.1, -0.05) is 0 Å². The van der Waals surface area contributed by atoms with E-state index in [1.54, 1.807) is 7.11 Å². The van der Waals surface area contributed by atoms with Gasteiger partial charge in [0.1, 0.15) is 0 Å². The number of hydrogen-bond donors (Lipinski definition) is 2. The largest absolute Gasteiger partial charge is 0.390 e. The molecule has 0 saturated heterocycles. The second-order valence-corrected chi connectivity index (χ2v) is 4.36. The van der Waals surface area contributed by atoms with Gasteiger partial charge >= 0.3 is 6.18 Å². The molecular weight excluding hydrogens is 287 g/mol. The Kier molecular flexibility index (Phi) is 12.1. The highest BCUT2D eigenvalue weighted by atomic mass is 19.4. The Morgan fingerprint density at radius 2 is 1.86 bits per heavy atom. The van der Waals surface area contributed by atoms with Crippen LogP contribution in [-0.4, -0.2) is 58.7 Å². The fourth-order valence-electron chi connectivity index (χ4n) is 1.42. The molecule has 0 saturated carbocycles. The summed E-state index contributed by atoms with van der Waals surface area (Å²) in [4.78, 5) is 4.21. The first-order chi connectivity index (χ1) is 9.99. The zero-order valence-electron chi connectivity index (χ0n) is 12.8. The Bertz CT molecular complexity index is 274. The van der Waals surface area contributed by atoms with E-state index in [2.05, 4.69) is 15.6 Å². The third-order valence-corrected chi connectivity index (χ3v) is 2.44. The predicted molar refractivity (Wildman–Crippen MR) is 76.6 cm³/mol. The van der Waals surface area contributed by atoms with Crippen LogP contribution in [0, 0.1) is 0 Å². The minimum Gasteiger partial charge on any atom is -0.382 e. The zero-order valence-corrected chi connectivity index (χ0v) is 12.8. The Morgan fingerprint density at radius 3 is 2.48 bits per heavy atom. The van der Waals surface area contributed by atoms with Crippen LogP contribution in [0.1, 0.15) is 26.2 Å². The molecule has 0 aliphatic rings. The van der Waals surface area contributed by atoms with E-state index in [4.69, 9.17) is 9.47 Å². The predicted octanol–water partition coefficient (Wildman–Crippen LogP) is 1.94. The van der Waals surface area contributed by atoms with Crippen molar-refractivity contribution in [1.82, 2.24) is 10.6 Å². The topological polar surface area (TPSA) is 54.9 Å². The van der Waals surface area contributed by atoms with Gasteiger partial charge in [0.25, 0.3) is 0 Å². The summed E-state index contributed by atoms with van der Waals surface area (Å²) in [6.45, 7) is 4.64. The molecule has 0 aromatic carbocycles. The molecule has 0 aromatic rings. The number of alkyl halides is 3. The van der Waals surface area contributed by atoms with E-state index in [1.807, 2.05) is 6.92 Å². The first-order valence-electron chi connectivity index (χ1n) is 7.15. The Hall–Kier alpha value is -1.02. The van der Waals surface area contributed by atoms with E-state index < -0.39 is 12.6 Å². The van der Waals surface area contributed by atoms with Gasteiger partial charge in [-0.2, -0.15) is 13.2 Å². The molecule has 0 aliphatic heterocycles. The monoisotopic (exact) mass is 313 g/mol. The molecule has 0 unspecified atom stereocenters. The second-order valence-electron chi connectivity index (χ2n) is 4.36. The molecule has 0 rings (SSSR count). The number of nitrogens with one attached hydrogen (secondary N) is 2. The minimum atomic E-state index is -4.15. The lowest BCUT2D eigenvalue weighted by molar-refractivity contribution is -0.132. The van der Waals surface area contributed by atoms with Gasteiger partial charge in [-0.25, -0.2) is 0 Å². The average Bonchev–Trinajstić information content (AvgIpc) is 2.40. The molecule has 0 fully saturated rings. The van der Waals surface area contributed by atoms with Crippen LogP contribution in [0.25, 0.3) is 0 Å². The molecule has 0 atom stereocenters. The number of ether oxygens (including phenoxy) is 2. The molecule has 0 aliphatic carbocycles. The summed E-state index contributed by atoms with van der Waals surface area (Å²) < 4.78 is 46.3. The van der Waals surface area contributed by atoms with E-state index in [9.17, 15) is 13.2 Å². The molecule has 0 amide bonds. The molecule has 0 heterocycles. The molecule has 0 bridgehead atoms. The quantitative estimate of drug-likeness (QED) is 0.348. The number of unbranched alkanes of at least 4 members (excludes halogenated alkanes) is 1. The molecule has 2 N–H and O–H groups in total. The van der Waals surface area contributed by atoms with Gasteiger partial charge in [-0.15, -0.1) is 0 Å². The molecular formula is C13H26F3N3O2. The smallest absolute Gasteiger partial charge is 0.382 e. The fourth-order valence-corrected chi connectivity index (χ4v) is 1.42. The van der Waals surface area contributed by atoms with Crippen molar-refractivity contribution >= 4 is 5.96 Å². The van der Waals surface area contributed by atoms with Crippen LogP contribution >= 0.6 is 0 Å². The number of halogens is 3. The summed E-state index contributed by atoms with van der Waals surface area (Å²) in [6.07, 6.45) is -3.34. The maximum Gasteiger partial charge on any atom is 0.390 e. The molecule has 0 radical (unpaired) electrons. The first kappa shape index (κ1) is 20.0. The van der Waals surface area contributed by atoms with Crippen molar-refractivity contribution in [1.29, 1.82) is 0 Å². The van der Waals surface area contributed by atoms with Gasteiger partial charge in [0.2, 0.25) is 0 Å². The van der Waals surface area contributed by atoms with Gasteiger partial charge in [0, 0.05) is 33.4 Å². The van der Waals surface area contributed by atoms with Gasteiger partial charge in [-0.05, 0) is 19.8 Å². The standard InChI is InChI=1S/C13H26F3N3O2/c1-3-17-12(19-8-6-13(14,15)16)18-7-4-5-9-21-11-10-20-2/h3-11H2,1-2H3,(H2,17,18,19). The highest BCUT2D eigenvalue weighted by molar-refractivity contribution is 5.79. The lowest BCUT2D eigenvalue weighted by Crippen LogP contribution is -2.39. The maximum absolute atomic E-state index is 12.0. The van der Waals surface area contributed by atoms with Crippen molar-refractivity contribution in [3.8, 4) is 0 Å². The SMILES string of the molecule is CCNC(=NCCCCOCCOC)NCCC(F)(F)F. The molecule has 5 nitrogen and oxygen atoms in total. The van der Waals surface area contributed by atoms with Crippen molar-refractivity contribution in [2.75, 3.05) is 46.6 Å². The summed E-state index contributed by atoms with van der Waals surface area (Å²) in [5, 5.41) is 5.58. The zero-order chi connectivity index (χ0) is 16.0. The highest BCUT2D eigenvalue weighted by Crippen LogP contribution is 2.17. The van der Waals surface area contributed by atoms with Crippen LogP contribution in [0.4, 0.5) is 13.2 Å². The fraction of sp³-hybridized carbons (Fsp3) is 0.923. The number of guanidine groups is 1. The molecule has 126 valence electrons. The lowest BCUT2D eigenvalue weighted by Gasteiger charge is -2.12. The Morgan fingerprint density at radius 1 is 1.10 bits per heavy atom. The molecule has 0 aromatic heterocycles. The lowest BCUT2D eigenvalue weighted by atomic mass is 10.3. The van der Waals surface area contributed by atoms with Gasteiger partial charge in [0.15, 0.2) is 5.96 Å². The van der Waals surface area contributed by atoms with Gasteiger partial charge in [0.05, 0.1) is 19.6 Å². The van der Waals surface area contributed by atoms with Crippen LogP contribution < -0.4 is 10.6 Å². The van der Waals surface area contributed by atoms with Crippen LogP contribution in [0.5, 0.6) is 0 Å².